The highest BCUT2D eigenvalue weighted by atomic mass is 32.2. The molecule has 0 spiro atoms. The minimum atomic E-state index is -3.60. The Labute approximate surface area is 143 Å². The highest BCUT2D eigenvalue weighted by Gasteiger charge is 2.17. The van der Waals surface area contributed by atoms with Crippen molar-refractivity contribution in [3.8, 4) is 0 Å². The molecule has 0 bridgehead atoms. The first-order chi connectivity index (χ1) is 11.0. The zero-order valence-corrected chi connectivity index (χ0v) is 15.3. The van der Waals surface area contributed by atoms with E-state index >= 15 is 0 Å². The first-order valence-corrected chi connectivity index (χ1v) is 9.27. The third kappa shape index (κ3) is 8.52. The van der Waals surface area contributed by atoms with E-state index < -0.39 is 10.0 Å². The van der Waals surface area contributed by atoms with Gasteiger partial charge in [0.1, 0.15) is 0 Å². The molecule has 1 rings (SSSR count). The van der Waals surface area contributed by atoms with Crippen molar-refractivity contribution in [2.24, 2.45) is 5.41 Å². The Hall–Kier alpha value is -2.09. The van der Waals surface area contributed by atoms with E-state index in [9.17, 15) is 18.0 Å². The van der Waals surface area contributed by atoms with Crippen LogP contribution in [0.25, 0.3) is 0 Å². The number of anilines is 2. The Morgan fingerprint density at radius 2 is 1.75 bits per heavy atom. The first-order valence-electron chi connectivity index (χ1n) is 7.62. The maximum Gasteiger partial charge on any atom is 0.234 e. The molecule has 3 N–H and O–H groups in total. The summed E-state index contributed by atoms with van der Waals surface area (Å²) in [4.78, 5) is 22.7. The van der Waals surface area contributed by atoms with Gasteiger partial charge >= 0.3 is 0 Å². The molecule has 0 aromatic heterocycles. The van der Waals surface area contributed by atoms with E-state index in [-0.39, 0.29) is 29.5 Å². The minimum Gasteiger partial charge on any atom is -0.355 e. The molecule has 0 aliphatic rings. The number of rotatable bonds is 7. The molecule has 8 heteroatoms. The standard InChI is InChI=1S/C16H25N3O4S/c1-12(20)18-13-6-5-7-14(10-13)19-24(22,23)9-8-17-15(21)11-16(2,3)4/h5-7,10,19H,8-9,11H2,1-4H3,(H,17,21)(H,18,20). The van der Waals surface area contributed by atoms with E-state index in [1.54, 1.807) is 18.2 Å². The van der Waals surface area contributed by atoms with Crippen LogP contribution in [0.3, 0.4) is 0 Å². The van der Waals surface area contributed by atoms with Crippen molar-refractivity contribution in [2.45, 2.75) is 34.1 Å². The van der Waals surface area contributed by atoms with Crippen LogP contribution < -0.4 is 15.4 Å². The summed E-state index contributed by atoms with van der Waals surface area (Å²) in [5, 5.41) is 5.18. The topological polar surface area (TPSA) is 104 Å². The van der Waals surface area contributed by atoms with Gasteiger partial charge < -0.3 is 10.6 Å². The van der Waals surface area contributed by atoms with Crippen molar-refractivity contribution in [3.05, 3.63) is 24.3 Å². The lowest BCUT2D eigenvalue weighted by Gasteiger charge is -2.17. The molecule has 0 aliphatic carbocycles. The molecule has 1 aromatic carbocycles. The molecule has 0 saturated carbocycles. The smallest absolute Gasteiger partial charge is 0.234 e. The molecule has 0 aliphatic heterocycles. The van der Waals surface area contributed by atoms with Crippen LogP contribution in [0.15, 0.2) is 24.3 Å². The largest absolute Gasteiger partial charge is 0.355 e. The number of hydrogen-bond donors (Lipinski definition) is 3. The molecular formula is C16H25N3O4S. The minimum absolute atomic E-state index is 0.0373. The maximum absolute atomic E-state index is 12.1. The van der Waals surface area contributed by atoms with Crippen molar-refractivity contribution in [1.82, 2.24) is 5.32 Å². The summed E-state index contributed by atoms with van der Waals surface area (Å²) in [5.41, 5.74) is 0.703. The Kier molecular flexibility index (Phi) is 6.77. The van der Waals surface area contributed by atoms with Gasteiger partial charge in [-0.1, -0.05) is 26.8 Å². The average Bonchev–Trinajstić information content (AvgIpc) is 2.34. The summed E-state index contributed by atoms with van der Waals surface area (Å²) in [5.74, 6) is -0.644. The third-order valence-electron chi connectivity index (χ3n) is 2.84. The Morgan fingerprint density at radius 3 is 2.33 bits per heavy atom. The van der Waals surface area contributed by atoms with Crippen LogP contribution in [0.1, 0.15) is 34.1 Å². The molecule has 0 atom stereocenters. The second-order valence-electron chi connectivity index (χ2n) is 6.77. The van der Waals surface area contributed by atoms with E-state index in [0.717, 1.165) is 0 Å². The van der Waals surface area contributed by atoms with Crippen LogP contribution >= 0.6 is 0 Å². The molecule has 0 saturated heterocycles. The predicted octanol–water partition coefficient (Wildman–Crippen LogP) is 1.94. The summed E-state index contributed by atoms with van der Waals surface area (Å²) in [6.45, 7) is 7.22. The molecule has 134 valence electrons. The normalized spacial score (nSPS) is 11.7. The fourth-order valence-corrected chi connectivity index (χ4v) is 2.92. The van der Waals surface area contributed by atoms with Crippen molar-refractivity contribution in [1.29, 1.82) is 0 Å². The van der Waals surface area contributed by atoms with Crippen LogP contribution in [0.2, 0.25) is 0 Å². The fourth-order valence-electron chi connectivity index (χ4n) is 1.96. The summed E-state index contributed by atoms with van der Waals surface area (Å²) < 4.78 is 26.5. The highest BCUT2D eigenvalue weighted by molar-refractivity contribution is 7.92. The van der Waals surface area contributed by atoms with E-state index in [1.807, 2.05) is 20.8 Å². The van der Waals surface area contributed by atoms with Gasteiger partial charge in [0.15, 0.2) is 0 Å². The lowest BCUT2D eigenvalue weighted by Crippen LogP contribution is -2.33. The SMILES string of the molecule is CC(=O)Nc1cccc(NS(=O)(=O)CCNC(=O)CC(C)(C)C)c1. The number of sulfonamides is 1. The van der Waals surface area contributed by atoms with Gasteiger partial charge in [0.05, 0.1) is 11.4 Å². The molecule has 7 nitrogen and oxygen atoms in total. The third-order valence-corrected chi connectivity index (χ3v) is 4.13. The summed E-state index contributed by atoms with van der Waals surface area (Å²) in [7, 11) is -3.60. The summed E-state index contributed by atoms with van der Waals surface area (Å²) in [6.07, 6.45) is 0.333. The van der Waals surface area contributed by atoms with Gasteiger partial charge in [0, 0.05) is 25.6 Å². The maximum atomic E-state index is 12.1. The summed E-state index contributed by atoms with van der Waals surface area (Å²) >= 11 is 0. The van der Waals surface area contributed by atoms with Crippen LogP contribution in [-0.2, 0) is 19.6 Å². The number of carbonyl (C=O) groups excluding carboxylic acids is 2. The Bertz CT molecular complexity index is 694. The molecule has 0 radical (unpaired) electrons. The van der Waals surface area contributed by atoms with Gasteiger partial charge in [-0.2, -0.15) is 0 Å². The molecule has 1 aromatic rings. The van der Waals surface area contributed by atoms with Crippen LogP contribution in [0.5, 0.6) is 0 Å². The van der Waals surface area contributed by atoms with Gasteiger partial charge in [-0.3, -0.25) is 14.3 Å². The monoisotopic (exact) mass is 355 g/mol. The van der Waals surface area contributed by atoms with Gasteiger partial charge in [0.25, 0.3) is 0 Å². The molecular weight excluding hydrogens is 330 g/mol. The zero-order chi connectivity index (χ0) is 18.4. The molecule has 24 heavy (non-hydrogen) atoms. The molecule has 0 fully saturated rings. The van der Waals surface area contributed by atoms with E-state index in [0.29, 0.717) is 17.8 Å². The zero-order valence-electron chi connectivity index (χ0n) is 14.5. The van der Waals surface area contributed by atoms with Crippen molar-refractivity contribution in [2.75, 3.05) is 22.3 Å². The van der Waals surface area contributed by atoms with Crippen LogP contribution in [0.4, 0.5) is 11.4 Å². The lowest BCUT2D eigenvalue weighted by molar-refractivity contribution is -0.122. The second-order valence-corrected chi connectivity index (χ2v) is 8.61. The van der Waals surface area contributed by atoms with Gasteiger partial charge in [-0.25, -0.2) is 8.42 Å². The quantitative estimate of drug-likeness (QED) is 0.695. The van der Waals surface area contributed by atoms with Crippen molar-refractivity contribution < 1.29 is 18.0 Å². The molecule has 0 unspecified atom stereocenters. The predicted molar refractivity (Wildman–Crippen MR) is 95.2 cm³/mol. The van der Waals surface area contributed by atoms with E-state index in [4.69, 9.17) is 0 Å². The second kappa shape index (κ2) is 8.14. The number of carbonyl (C=O) groups is 2. The van der Waals surface area contributed by atoms with E-state index in [1.165, 1.54) is 13.0 Å². The first kappa shape index (κ1) is 20.0. The van der Waals surface area contributed by atoms with E-state index in [2.05, 4.69) is 15.4 Å². The molecule has 2 amide bonds. The average molecular weight is 355 g/mol. The summed E-state index contributed by atoms with van der Waals surface area (Å²) in [6, 6.07) is 6.40. The number of nitrogens with one attached hydrogen (secondary N) is 3. The Balaban J connectivity index is 2.55. The van der Waals surface area contributed by atoms with Crippen LogP contribution in [-0.4, -0.2) is 32.5 Å². The van der Waals surface area contributed by atoms with Gasteiger partial charge in [-0.05, 0) is 23.6 Å². The van der Waals surface area contributed by atoms with Crippen molar-refractivity contribution >= 4 is 33.2 Å². The Morgan fingerprint density at radius 1 is 1.12 bits per heavy atom. The number of hydrogen-bond acceptors (Lipinski definition) is 4. The van der Waals surface area contributed by atoms with Gasteiger partial charge in [0.2, 0.25) is 21.8 Å². The van der Waals surface area contributed by atoms with Crippen molar-refractivity contribution in [3.63, 3.8) is 0 Å². The fraction of sp³-hybridized carbons (Fsp3) is 0.500. The number of amides is 2. The number of benzene rings is 1. The molecule has 0 heterocycles. The van der Waals surface area contributed by atoms with Gasteiger partial charge in [-0.15, -0.1) is 0 Å². The van der Waals surface area contributed by atoms with Crippen LogP contribution in [0, 0.1) is 5.41 Å². The highest BCUT2D eigenvalue weighted by Crippen LogP contribution is 2.18. The lowest BCUT2D eigenvalue weighted by atomic mass is 9.92.